The van der Waals surface area contributed by atoms with Crippen LogP contribution in [-0.4, -0.2) is 64.1 Å². The average molecular weight is 383 g/mol. The van der Waals surface area contributed by atoms with Gasteiger partial charge in [0.15, 0.2) is 0 Å². The van der Waals surface area contributed by atoms with Crippen LogP contribution in [0.25, 0.3) is 10.9 Å². The van der Waals surface area contributed by atoms with Crippen molar-refractivity contribution in [2.24, 2.45) is 12.5 Å². The molecule has 2 aliphatic heterocycles. The molecular weight excluding hydrogens is 358 g/mol. The summed E-state index contributed by atoms with van der Waals surface area (Å²) in [6, 6.07) is 8.89. The molecule has 28 heavy (non-hydrogen) atoms. The molecule has 0 aliphatic carbocycles. The van der Waals surface area contributed by atoms with Crippen LogP contribution in [-0.2, 0) is 11.8 Å². The lowest BCUT2D eigenvalue weighted by Crippen LogP contribution is -2.63. The fourth-order valence-electron chi connectivity index (χ4n) is 4.92. The van der Waals surface area contributed by atoms with Crippen LogP contribution < -0.4 is 5.56 Å². The molecule has 0 bridgehead atoms. The Morgan fingerprint density at radius 1 is 1.14 bits per heavy atom. The number of fused-ring (bicyclic) bond motifs is 2. The maximum Gasteiger partial charge on any atom is 0.311 e. The van der Waals surface area contributed by atoms with Crippen molar-refractivity contribution in [3.05, 3.63) is 46.2 Å². The first kappa shape index (κ1) is 18.7. The van der Waals surface area contributed by atoms with Crippen molar-refractivity contribution >= 4 is 22.8 Å². The smallest absolute Gasteiger partial charge is 0.311 e. The van der Waals surface area contributed by atoms with Crippen LogP contribution in [0, 0.1) is 5.41 Å². The summed E-state index contributed by atoms with van der Waals surface area (Å²) in [6.07, 6.45) is 1.90. The maximum absolute atomic E-state index is 13.2. The lowest BCUT2D eigenvalue weighted by molar-refractivity contribution is -0.161. The van der Waals surface area contributed by atoms with Crippen LogP contribution in [0.5, 0.6) is 0 Å². The van der Waals surface area contributed by atoms with E-state index in [0.29, 0.717) is 25.9 Å². The molecule has 2 saturated heterocycles. The van der Waals surface area contributed by atoms with Crippen molar-refractivity contribution in [2.75, 3.05) is 26.7 Å². The minimum Gasteiger partial charge on any atom is -0.481 e. The molecule has 1 N–H and O–H groups in total. The monoisotopic (exact) mass is 383 g/mol. The van der Waals surface area contributed by atoms with E-state index in [0.717, 1.165) is 23.9 Å². The number of carboxylic acid groups (broad SMARTS) is 1. The Hall–Kier alpha value is -2.67. The summed E-state index contributed by atoms with van der Waals surface area (Å²) < 4.78 is 1.50. The largest absolute Gasteiger partial charge is 0.481 e. The van der Waals surface area contributed by atoms with Crippen LogP contribution >= 0.6 is 0 Å². The van der Waals surface area contributed by atoms with E-state index in [1.165, 1.54) is 4.57 Å². The number of likely N-dealkylation sites (tertiary alicyclic amines) is 2. The zero-order valence-corrected chi connectivity index (χ0v) is 16.2. The highest BCUT2D eigenvalue weighted by Gasteiger charge is 2.53. The Bertz CT molecular complexity index is 1010. The first-order valence-electron chi connectivity index (χ1n) is 9.67. The van der Waals surface area contributed by atoms with E-state index in [2.05, 4.69) is 4.90 Å². The number of piperidine rings is 2. The Balaban J connectivity index is 1.69. The second-order valence-corrected chi connectivity index (χ2v) is 8.04. The number of carbonyl (C=O) groups is 2. The first-order valence-corrected chi connectivity index (χ1v) is 9.67. The maximum atomic E-state index is 13.2. The quantitative estimate of drug-likeness (QED) is 0.851. The van der Waals surface area contributed by atoms with E-state index in [4.69, 9.17) is 0 Å². The molecular formula is C21H25N3O4. The topological polar surface area (TPSA) is 82.8 Å². The predicted molar refractivity (Wildman–Crippen MR) is 105 cm³/mol. The number of carbonyl (C=O) groups excluding carboxylic acids is 1. The molecule has 1 amide bonds. The number of likely N-dealkylation sites (N-methyl/N-ethyl adjacent to an activating group) is 1. The number of hydrogen-bond acceptors (Lipinski definition) is 4. The molecule has 2 aromatic rings. The molecule has 0 radical (unpaired) electrons. The van der Waals surface area contributed by atoms with Crippen LogP contribution in [0.3, 0.4) is 0 Å². The third-order valence-electron chi connectivity index (χ3n) is 6.60. The molecule has 1 aromatic carbocycles. The highest BCUT2D eigenvalue weighted by Crippen LogP contribution is 2.42. The molecule has 0 unspecified atom stereocenters. The number of para-hydroxylation sites is 1. The van der Waals surface area contributed by atoms with Crippen molar-refractivity contribution in [3.8, 4) is 0 Å². The molecule has 7 nitrogen and oxygen atoms in total. The summed E-state index contributed by atoms with van der Waals surface area (Å²) >= 11 is 0. The van der Waals surface area contributed by atoms with Crippen molar-refractivity contribution in [3.63, 3.8) is 0 Å². The Kier molecular flexibility index (Phi) is 4.50. The van der Waals surface area contributed by atoms with Gasteiger partial charge in [0.2, 0.25) is 0 Å². The first-order chi connectivity index (χ1) is 13.3. The van der Waals surface area contributed by atoms with Gasteiger partial charge < -0.3 is 19.5 Å². The Morgan fingerprint density at radius 2 is 1.89 bits per heavy atom. The van der Waals surface area contributed by atoms with Crippen molar-refractivity contribution in [1.29, 1.82) is 0 Å². The Labute approximate surface area is 163 Å². The summed E-state index contributed by atoms with van der Waals surface area (Å²) in [4.78, 5) is 41.8. The number of nitrogens with zero attached hydrogens (tertiary/aromatic N) is 3. The molecule has 7 heteroatoms. The third-order valence-corrected chi connectivity index (χ3v) is 6.60. The zero-order chi connectivity index (χ0) is 20.1. The van der Waals surface area contributed by atoms with Gasteiger partial charge in [-0.2, -0.15) is 0 Å². The van der Waals surface area contributed by atoms with Gasteiger partial charge in [0.25, 0.3) is 11.5 Å². The van der Waals surface area contributed by atoms with E-state index in [1.54, 1.807) is 18.0 Å². The lowest BCUT2D eigenvalue weighted by Gasteiger charge is -2.51. The van der Waals surface area contributed by atoms with E-state index in [9.17, 15) is 19.5 Å². The molecule has 2 atom stereocenters. The number of aryl methyl sites for hydroxylation is 1. The van der Waals surface area contributed by atoms with Crippen LogP contribution in [0.2, 0.25) is 0 Å². The van der Waals surface area contributed by atoms with Crippen LogP contribution in [0.15, 0.2) is 35.1 Å². The standard InChI is InChI=1S/C21H25N3O4/c1-22-10-5-8-21(20(27)28)9-11-24(13-17(21)22)19(26)15-12-14-6-3-4-7-16(14)23(2)18(15)25/h3-4,6-7,12,17H,5,8-11,13H2,1-2H3,(H,27,28)/t17-,21+/m1/s1. The number of amides is 1. The number of rotatable bonds is 2. The highest BCUT2D eigenvalue weighted by molar-refractivity contribution is 5.97. The van der Waals surface area contributed by atoms with Crippen molar-refractivity contribution in [1.82, 2.24) is 14.4 Å². The fourth-order valence-corrected chi connectivity index (χ4v) is 4.92. The number of aliphatic carboxylic acids is 1. The second kappa shape index (κ2) is 6.74. The average Bonchev–Trinajstić information content (AvgIpc) is 2.70. The van der Waals surface area contributed by atoms with Crippen molar-refractivity contribution < 1.29 is 14.7 Å². The summed E-state index contributed by atoms with van der Waals surface area (Å²) in [5, 5.41) is 10.7. The number of benzene rings is 1. The molecule has 4 rings (SSSR count). The van der Waals surface area contributed by atoms with Crippen LogP contribution in [0.4, 0.5) is 0 Å². The lowest BCUT2D eigenvalue weighted by atomic mass is 9.68. The minimum absolute atomic E-state index is 0.141. The van der Waals surface area contributed by atoms with E-state index in [1.807, 2.05) is 31.3 Å². The molecule has 2 aliphatic rings. The van der Waals surface area contributed by atoms with E-state index < -0.39 is 11.4 Å². The van der Waals surface area contributed by atoms with Gasteiger partial charge in [-0.15, -0.1) is 0 Å². The Morgan fingerprint density at radius 3 is 2.64 bits per heavy atom. The summed E-state index contributed by atoms with van der Waals surface area (Å²) in [6.45, 7) is 1.50. The van der Waals surface area contributed by atoms with Gasteiger partial charge in [-0.3, -0.25) is 14.4 Å². The van der Waals surface area contributed by atoms with Gasteiger partial charge in [0.1, 0.15) is 5.56 Å². The molecule has 0 saturated carbocycles. The van der Waals surface area contributed by atoms with Gasteiger partial charge in [-0.25, -0.2) is 0 Å². The van der Waals surface area contributed by atoms with Gasteiger partial charge in [0, 0.05) is 26.2 Å². The molecule has 3 heterocycles. The number of pyridine rings is 1. The van der Waals surface area contributed by atoms with Crippen LogP contribution in [0.1, 0.15) is 29.6 Å². The number of hydrogen-bond donors (Lipinski definition) is 1. The highest BCUT2D eigenvalue weighted by atomic mass is 16.4. The van der Waals surface area contributed by atoms with Gasteiger partial charge in [-0.05, 0) is 50.4 Å². The molecule has 1 aromatic heterocycles. The number of carboxylic acids is 1. The predicted octanol–water partition coefficient (Wildman–Crippen LogP) is 1.55. The van der Waals surface area contributed by atoms with Gasteiger partial charge in [-0.1, -0.05) is 18.2 Å². The molecule has 0 spiro atoms. The SMILES string of the molecule is CN1CCC[C@]2(C(=O)O)CCN(C(=O)c3cc4ccccc4n(C)c3=O)C[C@@H]12. The summed E-state index contributed by atoms with van der Waals surface area (Å²) in [7, 11) is 3.59. The van der Waals surface area contributed by atoms with Gasteiger partial charge in [0.05, 0.1) is 10.9 Å². The molecule has 2 fully saturated rings. The summed E-state index contributed by atoms with van der Waals surface area (Å²) in [5.74, 6) is -1.10. The zero-order valence-electron chi connectivity index (χ0n) is 16.2. The van der Waals surface area contributed by atoms with E-state index in [-0.39, 0.29) is 23.1 Å². The van der Waals surface area contributed by atoms with Gasteiger partial charge >= 0.3 is 5.97 Å². The number of aromatic nitrogens is 1. The fraction of sp³-hybridized carbons (Fsp3) is 0.476. The van der Waals surface area contributed by atoms with Crippen molar-refractivity contribution in [2.45, 2.75) is 25.3 Å². The summed E-state index contributed by atoms with van der Waals surface area (Å²) in [5.41, 5.74) is -0.212. The second-order valence-electron chi connectivity index (χ2n) is 8.04. The third kappa shape index (κ3) is 2.73. The normalized spacial score (nSPS) is 25.5. The minimum atomic E-state index is -0.807. The molecule has 148 valence electrons. The van der Waals surface area contributed by atoms with E-state index >= 15 is 0 Å².